The third-order valence-corrected chi connectivity index (χ3v) is 2.85. The van der Waals surface area contributed by atoms with Crippen LogP contribution in [0.5, 0.6) is 0 Å². The normalized spacial score (nSPS) is 19.4. The van der Waals surface area contributed by atoms with E-state index in [2.05, 4.69) is 55.4 Å². The van der Waals surface area contributed by atoms with Gasteiger partial charge in [-0.05, 0) is 38.8 Å². The summed E-state index contributed by atoms with van der Waals surface area (Å²) in [4.78, 5) is 0. The van der Waals surface area contributed by atoms with E-state index in [0.29, 0.717) is 0 Å². The van der Waals surface area contributed by atoms with Crippen molar-refractivity contribution >= 4 is 0 Å². The largest absolute Gasteiger partial charge is 0.363 e. The molecule has 0 aromatic heterocycles. The Balaban J connectivity index is 0.00000191. The minimum absolute atomic E-state index is 0.226. The molecule has 0 spiro atoms. The third kappa shape index (κ3) is 5.50. The van der Waals surface area contributed by atoms with Gasteiger partial charge in [-0.15, -0.1) is 0 Å². The Morgan fingerprint density at radius 2 is 1.43 bits per heavy atom. The van der Waals surface area contributed by atoms with E-state index in [1.165, 1.54) is 5.57 Å². The van der Waals surface area contributed by atoms with E-state index in [4.69, 9.17) is 0 Å². The summed E-state index contributed by atoms with van der Waals surface area (Å²) < 4.78 is 0. The zero-order valence-electron chi connectivity index (χ0n) is 14.3. The average Bonchev–Trinajstić information content (AvgIpc) is 2.88. The van der Waals surface area contributed by atoms with Crippen molar-refractivity contribution in [3.05, 3.63) is 71.7 Å². The Hall–Kier alpha value is -1.96. The summed E-state index contributed by atoms with van der Waals surface area (Å²) in [5.74, 6) is 0. The molecule has 2 N–H and O–H groups in total. The highest BCUT2D eigenvalue weighted by Gasteiger charge is 2.21. The third-order valence-electron chi connectivity index (χ3n) is 2.85. The second-order valence-electron chi connectivity index (χ2n) is 4.36. The van der Waals surface area contributed by atoms with Gasteiger partial charge in [-0.2, -0.15) is 0 Å². The van der Waals surface area contributed by atoms with Crippen molar-refractivity contribution < 1.29 is 0 Å². The van der Waals surface area contributed by atoms with E-state index in [1.807, 2.05) is 45.9 Å². The van der Waals surface area contributed by atoms with E-state index in [9.17, 15) is 0 Å². The molecule has 2 nitrogen and oxygen atoms in total. The zero-order valence-corrected chi connectivity index (χ0v) is 14.3. The summed E-state index contributed by atoms with van der Waals surface area (Å²) in [5, 5.41) is 6.95. The minimum atomic E-state index is 0.226. The number of hydrogen-bond donors (Lipinski definition) is 2. The molecule has 21 heavy (non-hydrogen) atoms. The topological polar surface area (TPSA) is 24.1 Å². The Bertz CT molecular complexity index is 474. The molecule has 1 atom stereocenters. The van der Waals surface area contributed by atoms with E-state index in [-0.39, 0.29) is 6.17 Å². The van der Waals surface area contributed by atoms with Crippen LogP contribution in [0.2, 0.25) is 0 Å². The standard InChI is InChI=1S/C17H24N2.C2H6/c1-6-10-14(9-4)16-17(19-13(5)18-16)15(11-7-2)12-8-3;1-2/h6-13,18-19H,2H2,1,3-5H3;1-2H3/b10-6-,12-8-,14-9+,15-11+;. The first kappa shape index (κ1) is 19.0. The number of hydrogen-bond acceptors (Lipinski definition) is 2. The molecule has 1 rings (SSSR count). The Kier molecular flexibility index (Phi) is 9.78. The second-order valence-corrected chi connectivity index (χ2v) is 4.36. The molecule has 2 heteroatoms. The van der Waals surface area contributed by atoms with Crippen LogP contribution in [0.3, 0.4) is 0 Å². The summed E-state index contributed by atoms with van der Waals surface area (Å²) in [5.41, 5.74) is 4.58. The summed E-state index contributed by atoms with van der Waals surface area (Å²) in [7, 11) is 0. The lowest BCUT2D eigenvalue weighted by Crippen LogP contribution is -2.29. The van der Waals surface area contributed by atoms with E-state index < -0.39 is 0 Å². The molecule has 116 valence electrons. The molecule has 0 aromatic carbocycles. The first-order valence-corrected chi connectivity index (χ1v) is 7.70. The Morgan fingerprint density at radius 3 is 1.86 bits per heavy atom. The molecule has 1 heterocycles. The van der Waals surface area contributed by atoms with Gasteiger partial charge in [-0.1, -0.05) is 63.0 Å². The van der Waals surface area contributed by atoms with Gasteiger partial charge in [0.1, 0.15) is 0 Å². The number of rotatable bonds is 5. The highest BCUT2D eigenvalue weighted by Crippen LogP contribution is 2.24. The first-order chi connectivity index (χ1) is 10.2. The van der Waals surface area contributed by atoms with Crippen molar-refractivity contribution in [3.8, 4) is 0 Å². The molecule has 0 saturated heterocycles. The van der Waals surface area contributed by atoms with E-state index in [0.717, 1.165) is 17.0 Å². The molecule has 1 unspecified atom stereocenters. The molecule has 0 fully saturated rings. The minimum Gasteiger partial charge on any atom is -0.363 e. The van der Waals surface area contributed by atoms with Crippen LogP contribution in [-0.4, -0.2) is 6.17 Å². The van der Waals surface area contributed by atoms with Gasteiger partial charge < -0.3 is 10.6 Å². The molecule has 1 aliphatic rings. The van der Waals surface area contributed by atoms with Gasteiger partial charge in [0.2, 0.25) is 0 Å². The first-order valence-electron chi connectivity index (χ1n) is 7.70. The smallest absolute Gasteiger partial charge is 0.0936 e. The molecule has 0 aliphatic carbocycles. The van der Waals surface area contributed by atoms with Crippen molar-refractivity contribution in [2.24, 2.45) is 0 Å². The van der Waals surface area contributed by atoms with Crippen LogP contribution in [0.15, 0.2) is 71.7 Å². The molecular weight excluding hydrogens is 256 g/mol. The second kappa shape index (κ2) is 10.8. The van der Waals surface area contributed by atoms with E-state index in [1.54, 1.807) is 0 Å². The van der Waals surface area contributed by atoms with Crippen LogP contribution in [0.1, 0.15) is 41.5 Å². The summed E-state index contributed by atoms with van der Waals surface area (Å²) in [6.45, 7) is 16.0. The van der Waals surface area contributed by atoms with Crippen LogP contribution in [-0.2, 0) is 0 Å². The zero-order chi connectivity index (χ0) is 16.3. The molecule has 0 aromatic rings. The maximum atomic E-state index is 3.79. The lowest BCUT2D eigenvalue weighted by Gasteiger charge is -2.08. The van der Waals surface area contributed by atoms with Crippen molar-refractivity contribution in [1.29, 1.82) is 0 Å². The van der Waals surface area contributed by atoms with Gasteiger partial charge in [0.05, 0.1) is 17.6 Å². The maximum Gasteiger partial charge on any atom is 0.0936 e. The van der Waals surface area contributed by atoms with Crippen LogP contribution in [0, 0.1) is 0 Å². The van der Waals surface area contributed by atoms with Crippen LogP contribution >= 0.6 is 0 Å². The molecule has 1 aliphatic heterocycles. The quantitative estimate of drug-likeness (QED) is 0.697. The lowest BCUT2D eigenvalue weighted by atomic mass is 10.0. The fraction of sp³-hybridized carbons (Fsp3) is 0.368. The highest BCUT2D eigenvalue weighted by molar-refractivity contribution is 5.53. The summed E-state index contributed by atoms with van der Waals surface area (Å²) in [6, 6.07) is 0. The fourth-order valence-corrected chi connectivity index (χ4v) is 2.10. The molecule has 0 amide bonds. The van der Waals surface area contributed by atoms with Gasteiger partial charge in [0.25, 0.3) is 0 Å². The Morgan fingerprint density at radius 1 is 0.952 bits per heavy atom. The maximum absolute atomic E-state index is 3.79. The number of allylic oxidation sites excluding steroid dienone is 7. The van der Waals surface area contributed by atoms with Crippen molar-refractivity contribution in [3.63, 3.8) is 0 Å². The predicted octanol–water partition coefficient (Wildman–Crippen LogP) is 4.97. The van der Waals surface area contributed by atoms with Gasteiger partial charge in [0, 0.05) is 0 Å². The molecule has 0 saturated carbocycles. The van der Waals surface area contributed by atoms with Gasteiger partial charge in [-0.3, -0.25) is 0 Å². The average molecular weight is 286 g/mol. The van der Waals surface area contributed by atoms with Crippen LogP contribution < -0.4 is 10.6 Å². The predicted molar refractivity (Wildman–Crippen MR) is 95.8 cm³/mol. The monoisotopic (exact) mass is 286 g/mol. The summed E-state index contributed by atoms with van der Waals surface area (Å²) in [6.07, 6.45) is 14.5. The van der Waals surface area contributed by atoms with Crippen molar-refractivity contribution in [1.82, 2.24) is 10.6 Å². The van der Waals surface area contributed by atoms with Crippen molar-refractivity contribution in [2.75, 3.05) is 0 Å². The SMILES string of the molecule is C=C/C=C(\C=C/C)C1=C(C(/C=C\C)=C/C)NC(C)N1.CC. The van der Waals surface area contributed by atoms with Gasteiger partial charge >= 0.3 is 0 Å². The molecule has 0 radical (unpaired) electrons. The van der Waals surface area contributed by atoms with E-state index >= 15 is 0 Å². The van der Waals surface area contributed by atoms with Crippen LogP contribution in [0.25, 0.3) is 0 Å². The Labute approximate surface area is 130 Å². The van der Waals surface area contributed by atoms with Crippen molar-refractivity contribution in [2.45, 2.75) is 47.7 Å². The lowest BCUT2D eigenvalue weighted by molar-refractivity contribution is 0.608. The molecule has 0 bridgehead atoms. The van der Waals surface area contributed by atoms with Crippen LogP contribution in [0.4, 0.5) is 0 Å². The highest BCUT2D eigenvalue weighted by atomic mass is 15.2. The summed E-state index contributed by atoms with van der Waals surface area (Å²) >= 11 is 0. The van der Waals surface area contributed by atoms with Gasteiger partial charge in [-0.25, -0.2) is 0 Å². The van der Waals surface area contributed by atoms with Gasteiger partial charge in [0.15, 0.2) is 0 Å². The fourth-order valence-electron chi connectivity index (χ4n) is 2.10. The molecular formula is C19H30N2. The number of nitrogens with one attached hydrogen (secondary N) is 2.